The highest BCUT2D eigenvalue weighted by Gasteiger charge is 2.46. The van der Waals surface area contributed by atoms with Crippen molar-refractivity contribution < 1.29 is 23.1 Å². The molecule has 0 aromatic heterocycles. The molecule has 5 rings (SSSR count). The number of carbonyl (C=O) groups excluding carboxylic acids is 2. The van der Waals surface area contributed by atoms with Crippen LogP contribution in [-0.2, 0) is 9.53 Å². The fourth-order valence-electron chi connectivity index (χ4n) is 5.13. The Morgan fingerprint density at radius 3 is 2.31 bits per heavy atom. The van der Waals surface area contributed by atoms with Crippen LogP contribution in [-0.4, -0.2) is 66.4 Å². The minimum atomic E-state index is -2.50. The molecule has 1 aromatic rings. The van der Waals surface area contributed by atoms with Gasteiger partial charge in [0.05, 0.1) is 6.10 Å². The molecule has 0 spiro atoms. The number of carbonyl (C=O) groups is 2. The van der Waals surface area contributed by atoms with Gasteiger partial charge in [0.2, 0.25) is 5.92 Å². The van der Waals surface area contributed by atoms with Gasteiger partial charge in [-0.25, -0.2) is 13.6 Å². The Hall–Kier alpha value is -2.02. The van der Waals surface area contributed by atoms with E-state index in [4.69, 9.17) is 4.74 Å². The Bertz CT molecular complexity index is 799. The van der Waals surface area contributed by atoms with Gasteiger partial charge in [-0.2, -0.15) is 0 Å². The predicted molar refractivity (Wildman–Crippen MR) is 102 cm³/mol. The number of fused-ring (bicyclic) bond motifs is 1. The number of rotatable bonds is 2. The first-order valence-corrected chi connectivity index (χ1v) is 10.5. The van der Waals surface area contributed by atoms with Gasteiger partial charge in [0.15, 0.2) is 5.78 Å². The van der Waals surface area contributed by atoms with Gasteiger partial charge in [0.1, 0.15) is 6.61 Å². The molecule has 0 bridgehead atoms. The number of amides is 2. The highest BCUT2D eigenvalue weighted by Crippen LogP contribution is 2.48. The molecule has 2 amide bonds. The van der Waals surface area contributed by atoms with E-state index in [-0.39, 0.29) is 49.2 Å². The molecular weight excluding hydrogens is 378 g/mol. The normalized spacial score (nSPS) is 29.8. The van der Waals surface area contributed by atoms with E-state index in [9.17, 15) is 18.4 Å². The molecule has 3 saturated heterocycles. The molecule has 2 atom stereocenters. The minimum absolute atomic E-state index is 0.0305. The molecule has 1 aliphatic carbocycles. The number of halogens is 2. The fourth-order valence-corrected chi connectivity index (χ4v) is 5.13. The summed E-state index contributed by atoms with van der Waals surface area (Å²) in [5.74, 6) is -1.98. The third kappa shape index (κ3) is 3.65. The Morgan fingerprint density at radius 1 is 1.00 bits per heavy atom. The van der Waals surface area contributed by atoms with Crippen LogP contribution >= 0.6 is 0 Å². The van der Waals surface area contributed by atoms with Gasteiger partial charge in [-0.05, 0) is 23.5 Å². The Morgan fingerprint density at radius 2 is 1.66 bits per heavy atom. The molecule has 3 heterocycles. The molecule has 4 aliphatic rings. The molecule has 3 aliphatic heterocycles. The van der Waals surface area contributed by atoms with E-state index in [2.05, 4.69) is 0 Å². The van der Waals surface area contributed by atoms with Crippen molar-refractivity contribution in [2.75, 3.05) is 32.8 Å². The highest BCUT2D eigenvalue weighted by atomic mass is 19.3. The van der Waals surface area contributed by atoms with E-state index < -0.39 is 5.92 Å². The van der Waals surface area contributed by atoms with Gasteiger partial charge >= 0.3 is 6.03 Å². The number of ether oxygens (including phenoxy) is 1. The van der Waals surface area contributed by atoms with E-state index in [1.165, 1.54) is 0 Å². The summed E-state index contributed by atoms with van der Waals surface area (Å²) < 4.78 is 31.7. The molecule has 156 valence electrons. The van der Waals surface area contributed by atoms with Crippen LogP contribution < -0.4 is 0 Å². The second-order valence-corrected chi connectivity index (χ2v) is 9.10. The van der Waals surface area contributed by atoms with Gasteiger partial charge < -0.3 is 14.5 Å². The number of urea groups is 1. The van der Waals surface area contributed by atoms with Gasteiger partial charge in [0, 0.05) is 57.3 Å². The Labute approximate surface area is 169 Å². The molecule has 1 saturated carbocycles. The lowest BCUT2D eigenvalue weighted by molar-refractivity contribution is -0.140. The SMILES string of the molecule is O=C1CO[C@H]2CCN(C(=O)N3CC(c4ccc(C5CC(F)(F)C5)cc4)C3)C[C@H]2C1. The Kier molecular flexibility index (Phi) is 4.61. The molecular formula is C22H26F2N2O3. The first-order valence-electron chi connectivity index (χ1n) is 10.5. The summed E-state index contributed by atoms with van der Waals surface area (Å²) in [6, 6.07) is 8.02. The van der Waals surface area contributed by atoms with E-state index >= 15 is 0 Å². The highest BCUT2D eigenvalue weighted by molar-refractivity contribution is 5.81. The number of ketones is 1. The van der Waals surface area contributed by atoms with Crippen LogP contribution in [0, 0.1) is 5.92 Å². The Balaban J connectivity index is 1.13. The summed E-state index contributed by atoms with van der Waals surface area (Å²) in [5.41, 5.74) is 2.15. The summed E-state index contributed by atoms with van der Waals surface area (Å²) in [6.07, 6.45) is 1.31. The second kappa shape index (κ2) is 7.04. The topological polar surface area (TPSA) is 49.9 Å². The molecule has 7 heteroatoms. The molecule has 1 aromatic carbocycles. The average Bonchev–Trinajstić information content (AvgIpc) is 2.64. The van der Waals surface area contributed by atoms with Crippen molar-refractivity contribution in [3.8, 4) is 0 Å². The average molecular weight is 404 g/mol. The zero-order chi connectivity index (χ0) is 20.2. The number of Topliss-reactive ketones (excluding diaryl/α,β-unsaturated/α-hetero) is 1. The first-order chi connectivity index (χ1) is 13.9. The molecule has 0 unspecified atom stereocenters. The lowest BCUT2D eigenvalue weighted by Gasteiger charge is -2.46. The summed E-state index contributed by atoms with van der Waals surface area (Å²) >= 11 is 0. The number of likely N-dealkylation sites (tertiary alicyclic amines) is 2. The van der Waals surface area contributed by atoms with Crippen molar-refractivity contribution >= 4 is 11.8 Å². The third-order valence-corrected chi connectivity index (χ3v) is 7.00. The minimum Gasteiger partial charge on any atom is -0.370 e. The summed E-state index contributed by atoms with van der Waals surface area (Å²) in [4.78, 5) is 28.2. The molecule has 4 fully saturated rings. The van der Waals surface area contributed by atoms with Crippen LogP contribution in [0.15, 0.2) is 24.3 Å². The summed E-state index contributed by atoms with van der Waals surface area (Å²) in [7, 11) is 0. The van der Waals surface area contributed by atoms with Crippen LogP contribution in [0.4, 0.5) is 13.6 Å². The van der Waals surface area contributed by atoms with Crippen molar-refractivity contribution in [2.45, 2.75) is 49.5 Å². The first kappa shape index (κ1) is 19.0. The monoisotopic (exact) mass is 404 g/mol. The number of piperidine rings is 1. The summed E-state index contributed by atoms with van der Waals surface area (Å²) in [5, 5.41) is 0. The van der Waals surface area contributed by atoms with Crippen molar-refractivity contribution in [3.63, 3.8) is 0 Å². The van der Waals surface area contributed by atoms with E-state index in [1.54, 1.807) is 0 Å². The van der Waals surface area contributed by atoms with Crippen LogP contribution in [0.25, 0.3) is 0 Å². The quantitative estimate of drug-likeness (QED) is 0.759. The van der Waals surface area contributed by atoms with E-state index in [0.717, 1.165) is 17.5 Å². The number of benzene rings is 1. The molecule has 0 N–H and O–H groups in total. The summed E-state index contributed by atoms with van der Waals surface area (Å²) in [6.45, 7) is 2.84. The van der Waals surface area contributed by atoms with Crippen LogP contribution in [0.2, 0.25) is 0 Å². The maximum atomic E-state index is 13.1. The lowest BCUT2D eigenvalue weighted by Crippen LogP contribution is -2.58. The predicted octanol–water partition coefficient (Wildman–Crippen LogP) is 3.40. The maximum absolute atomic E-state index is 13.1. The largest absolute Gasteiger partial charge is 0.370 e. The fraction of sp³-hybridized carbons (Fsp3) is 0.636. The van der Waals surface area contributed by atoms with Gasteiger partial charge in [0.25, 0.3) is 0 Å². The maximum Gasteiger partial charge on any atom is 0.320 e. The van der Waals surface area contributed by atoms with Crippen molar-refractivity contribution in [1.82, 2.24) is 9.80 Å². The number of hydrogen-bond acceptors (Lipinski definition) is 3. The van der Waals surface area contributed by atoms with E-state index in [0.29, 0.717) is 38.5 Å². The number of alkyl halides is 2. The van der Waals surface area contributed by atoms with Crippen LogP contribution in [0.5, 0.6) is 0 Å². The van der Waals surface area contributed by atoms with Gasteiger partial charge in [-0.15, -0.1) is 0 Å². The van der Waals surface area contributed by atoms with Crippen LogP contribution in [0.3, 0.4) is 0 Å². The zero-order valence-corrected chi connectivity index (χ0v) is 16.4. The van der Waals surface area contributed by atoms with Gasteiger partial charge in [-0.3, -0.25) is 4.79 Å². The lowest BCUT2D eigenvalue weighted by atomic mass is 9.76. The molecule has 5 nitrogen and oxygen atoms in total. The number of hydrogen-bond donors (Lipinski definition) is 0. The second-order valence-electron chi connectivity index (χ2n) is 9.10. The molecule has 29 heavy (non-hydrogen) atoms. The number of nitrogens with zero attached hydrogens (tertiary/aromatic N) is 2. The van der Waals surface area contributed by atoms with Crippen molar-refractivity contribution in [2.24, 2.45) is 5.92 Å². The van der Waals surface area contributed by atoms with E-state index in [1.807, 2.05) is 34.1 Å². The van der Waals surface area contributed by atoms with Gasteiger partial charge in [-0.1, -0.05) is 24.3 Å². The zero-order valence-electron chi connectivity index (χ0n) is 16.4. The van der Waals surface area contributed by atoms with Crippen molar-refractivity contribution in [3.05, 3.63) is 35.4 Å². The molecule has 0 radical (unpaired) electrons. The third-order valence-electron chi connectivity index (χ3n) is 7.00. The standard InChI is InChI=1S/C22H26F2N2O3/c23-22(24)8-17(9-22)14-1-3-15(4-2-14)18-11-26(12-18)21(28)25-6-5-20-16(10-25)7-19(27)13-29-20/h1-4,16-18,20H,5-13H2/t16-,20+/m1/s1. The van der Waals surface area contributed by atoms with Crippen LogP contribution in [0.1, 0.15) is 48.6 Å². The van der Waals surface area contributed by atoms with Crippen molar-refractivity contribution in [1.29, 1.82) is 0 Å². The smallest absolute Gasteiger partial charge is 0.320 e.